The van der Waals surface area contributed by atoms with Gasteiger partial charge in [-0.3, -0.25) is 4.79 Å². The second-order valence-electron chi connectivity index (χ2n) is 9.49. The van der Waals surface area contributed by atoms with Crippen molar-refractivity contribution < 1.29 is 32.9 Å². The smallest absolute Gasteiger partial charge is 0.309 e. The van der Waals surface area contributed by atoms with Gasteiger partial charge in [0.1, 0.15) is 23.2 Å². The van der Waals surface area contributed by atoms with E-state index in [0.717, 1.165) is 18.4 Å². The molecule has 2 atom stereocenters. The van der Waals surface area contributed by atoms with E-state index in [4.69, 9.17) is 23.7 Å². The maximum absolute atomic E-state index is 15.7. The highest BCUT2D eigenvalue weighted by atomic mass is 19.1. The van der Waals surface area contributed by atoms with E-state index in [1.165, 1.54) is 14.2 Å². The minimum atomic E-state index is -0.774. The molecule has 0 aromatic heterocycles. The number of rotatable bonds is 9. The highest BCUT2D eigenvalue weighted by molar-refractivity contribution is 5.76. The summed E-state index contributed by atoms with van der Waals surface area (Å²) in [6, 6.07) is 7.04. The van der Waals surface area contributed by atoms with Crippen molar-refractivity contribution in [2.24, 2.45) is 5.92 Å². The summed E-state index contributed by atoms with van der Waals surface area (Å²) in [6.45, 7) is 5.88. The van der Waals surface area contributed by atoms with Crippen molar-refractivity contribution in [2.75, 3.05) is 21.3 Å². The van der Waals surface area contributed by atoms with Gasteiger partial charge in [0.15, 0.2) is 17.3 Å². The van der Waals surface area contributed by atoms with Crippen molar-refractivity contribution in [2.45, 2.75) is 57.7 Å². The van der Waals surface area contributed by atoms with Crippen molar-refractivity contribution in [3.05, 3.63) is 52.8 Å². The molecule has 1 aliphatic heterocycles. The third-order valence-electron chi connectivity index (χ3n) is 6.60. The fraction of sp³-hybridized carbons (Fsp3) is 0.464. The van der Waals surface area contributed by atoms with Crippen molar-refractivity contribution in [3.8, 4) is 23.0 Å². The van der Waals surface area contributed by atoms with E-state index in [0.29, 0.717) is 34.8 Å². The Hall–Kier alpha value is -3.22. The van der Waals surface area contributed by atoms with E-state index in [2.05, 4.69) is 0 Å². The summed E-state index contributed by atoms with van der Waals surface area (Å²) in [7, 11) is 4.43. The number of halogens is 1. The molecule has 4 rings (SSSR count). The number of fused-ring (bicyclic) bond motifs is 1. The molecule has 35 heavy (non-hydrogen) atoms. The van der Waals surface area contributed by atoms with E-state index < -0.39 is 23.4 Å². The first-order valence-electron chi connectivity index (χ1n) is 11.9. The molecule has 1 aliphatic carbocycles. The second-order valence-corrected chi connectivity index (χ2v) is 9.49. The molecule has 2 aliphatic rings. The van der Waals surface area contributed by atoms with Crippen LogP contribution in [0, 0.1) is 11.7 Å². The van der Waals surface area contributed by atoms with E-state index in [1.807, 2.05) is 45.1 Å². The van der Waals surface area contributed by atoms with Crippen molar-refractivity contribution >= 4 is 12.0 Å². The molecule has 0 bridgehead atoms. The minimum Gasteiger partial charge on any atom is -0.496 e. The van der Waals surface area contributed by atoms with Crippen molar-refractivity contribution in [3.63, 3.8) is 0 Å². The van der Waals surface area contributed by atoms with Gasteiger partial charge >= 0.3 is 5.97 Å². The lowest BCUT2D eigenvalue weighted by molar-refractivity contribution is -0.152. The number of hydrogen-bond donors (Lipinski definition) is 0. The zero-order chi connectivity index (χ0) is 25.3. The van der Waals surface area contributed by atoms with Crippen LogP contribution in [0.2, 0.25) is 0 Å². The molecule has 7 heteroatoms. The van der Waals surface area contributed by atoms with Crippen LogP contribution in [0.5, 0.6) is 23.0 Å². The molecule has 6 nitrogen and oxygen atoms in total. The van der Waals surface area contributed by atoms with Gasteiger partial charge in [0.2, 0.25) is 0 Å². The van der Waals surface area contributed by atoms with E-state index in [1.54, 1.807) is 19.2 Å². The summed E-state index contributed by atoms with van der Waals surface area (Å²) in [5.74, 6) is 0.124. The van der Waals surface area contributed by atoms with E-state index in [-0.39, 0.29) is 17.6 Å². The Labute approximate surface area is 206 Å². The van der Waals surface area contributed by atoms with Crippen LogP contribution in [-0.4, -0.2) is 32.9 Å². The largest absolute Gasteiger partial charge is 0.496 e. The lowest BCUT2D eigenvalue weighted by Crippen LogP contribution is -2.28. The highest BCUT2D eigenvalue weighted by Crippen LogP contribution is 2.49. The summed E-state index contributed by atoms with van der Waals surface area (Å²) in [4.78, 5) is 12.9. The fourth-order valence-electron chi connectivity index (χ4n) is 4.59. The molecule has 0 saturated heterocycles. The molecule has 2 aromatic carbocycles. The topological polar surface area (TPSA) is 63.2 Å². The van der Waals surface area contributed by atoms with Gasteiger partial charge in [-0.25, -0.2) is 4.39 Å². The number of methoxy groups -OCH3 is 3. The summed E-state index contributed by atoms with van der Waals surface area (Å²) in [5.41, 5.74) is 1.35. The molecule has 0 radical (unpaired) electrons. The van der Waals surface area contributed by atoms with E-state index >= 15 is 4.39 Å². The lowest BCUT2D eigenvalue weighted by Gasteiger charge is -2.32. The van der Waals surface area contributed by atoms with Gasteiger partial charge in [-0.2, -0.15) is 0 Å². The number of esters is 1. The van der Waals surface area contributed by atoms with Crippen LogP contribution >= 0.6 is 0 Å². The highest BCUT2D eigenvalue weighted by Gasteiger charge is 2.39. The molecule has 0 N–H and O–H groups in total. The standard InChI is InChI=1S/C28H33FO6/c1-7-17(18-10-13-22(31-4)26(33-6)23(18)29)25(34-27(30)16-8-9-16)20-11-12-21-19(24(20)32-5)14-15-28(2,3)35-21/h10-17,25H,7-9H2,1-6H3. The molecule has 2 aromatic rings. The Bertz CT molecular complexity index is 1130. The normalized spacial score (nSPS) is 17.6. The fourth-order valence-corrected chi connectivity index (χ4v) is 4.59. The summed E-state index contributed by atoms with van der Waals surface area (Å²) in [5, 5.41) is 0. The molecule has 188 valence electrons. The number of ether oxygens (including phenoxy) is 5. The zero-order valence-corrected chi connectivity index (χ0v) is 21.1. The van der Waals surface area contributed by atoms with Gasteiger partial charge in [-0.15, -0.1) is 0 Å². The predicted molar refractivity (Wildman–Crippen MR) is 131 cm³/mol. The van der Waals surface area contributed by atoms with Gasteiger partial charge in [0.25, 0.3) is 0 Å². The molecule has 1 heterocycles. The Morgan fingerprint density at radius 1 is 1.06 bits per heavy atom. The summed E-state index contributed by atoms with van der Waals surface area (Å²) in [6.07, 6.45) is 5.26. The van der Waals surface area contributed by atoms with Crippen LogP contribution < -0.4 is 18.9 Å². The first kappa shape index (κ1) is 24.9. The Kier molecular flexibility index (Phi) is 6.97. The van der Waals surface area contributed by atoms with Gasteiger partial charge in [-0.1, -0.05) is 13.0 Å². The maximum Gasteiger partial charge on any atom is 0.309 e. The molecular formula is C28H33FO6. The zero-order valence-electron chi connectivity index (χ0n) is 21.1. The third kappa shape index (κ3) is 4.81. The molecule has 2 unspecified atom stereocenters. The molecular weight excluding hydrogens is 451 g/mol. The Balaban J connectivity index is 1.85. The minimum absolute atomic E-state index is 0.0201. The van der Waals surface area contributed by atoms with Crippen LogP contribution in [0.25, 0.3) is 6.08 Å². The monoisotopic (exact) mass is 484 g/mol. The number of carbonyl (C=O) groups is 1. The van der Waals surface area contributed by atoms with Gasteiger partial charge in [0, 0.05) is 11.5 Å². The van der Waals surface area contributed by atoms with Crippen LogP contribution in [0.1, 0.15) is 68.7 Å². The van der Waals surface area contributed by atoms with Crippen molar-refractivity contribution in [1.82, 2.24) is 0 Å². The first-order valence-corrected chi connectivity index (χ1v) is 11.9. The van der Waals surface area contributed by atoms with Crippen molar-refractivity contribution in [1.29, 1.82) is 0 Å². The number of hydrogen-bond acceptors (Lipinski definition) is 6. The van der Waals surface area contributed by atoms with Crippen LogP contribution in [0.3, 0.4) is 0 Å². The average Bonchev–Trinajstić information content (AvgIpc) is 3.68. The Morgan fingerprint density at radius 3 is 2.34 bits per heavy atom. The van der Waals surface area contributed by atoms with Crippen LogP contribution in [0.15, 0.2) is 30.3 Å². The molecule has 1 saturated carbocycles. The first-order chi connectivity index (χ1) is 16.7. The SMILES string of the molecule is CCC(c1ccc(OC)c(OC)c1F)C(OC(=O)C1CC1)c1ccc2c(c1OC)C=CC(C)(C)O2. The third-order valence-corrected chi connectivity index (χ3v) is 6.60. The summed E-state index contributed by atoms with van der Waals surface area (Å²) >= 11 is 0. The quantitative estimate of drug-likeness (QED) is 0.394. The second kappa shape index (κ2) is 9.80. The van der Waals surface area contributed by atoms with Crippen LogP contribution in [-0.2, 0) is 9.53 Å². The van der Waals surface area contributed by atoms with Gasteiger partial charge < -0.3 is 23.7 Å². The maximum atomic E-state index is 15.7. The Morgan fingerprint density at radius 2 is 1.74 bits per heavy atom. The summed E-state index contributed by atoms with van der Waals surface area (Å²) < 4.78 is 44.3. The molecule has 1 fully saturated rings. The van der Waals surface area contributed by atoms with Gasteiger partial charge in [0.05, 0.1) is 32.8 Å². The van der Waals surface area contributed by atoms with Crippen LogP contribution in [0.4, 0.5) is 4.39 Å². The average molecular weight is 485 g/mol. The molecule has 0 spiro atoms. The lowest BCUT2D eigenvalue weighted by atomic mass is 9.84. The van der Waals surface area contributed by atoms with E-state index in [9.17, 15) is 4.79 Å². The van der Waals surface area contributed by atoms with Gasteiger partial charge in [-0.05, 0) is 69.0 Å². The molecule has 0 amide bonds. The number of benzene rings is 2. The predicted octanol–water partition coefficient (Wildman–Crippen LogP) is 6.22. The number of carbonyl (C=O) groups excluding carboxylic acids is 1.